The van der Waals surface area contributed by atoms with Crippen molar-refractivity contribution in [2.75, 3.05) is 0 Å². The van der Waals surface area contributed by atoms with E-state index in [1.54, 1.807) is 24.3 Å². The minimum absolute atomic E-state index is 0.352. The van der Waals surface area contributed by atoms with E-state index in [2.05, 4.69) is 34.9 Å². The van der Waals surface area contributed by atoms with E-state index < -0.39 is 0 Å². The maximum atomic E-state index is 12.0. The van der Waals surface area contributed by atoms with E-state index in [-0.39, 0.29) is 23.6 Å². The first kappa shape index (κ1) is 23.5. The first-order chi connectivity index (χ1) is 19.4. The Morgan fingerprint density at radius 2 is 0.500 bits per heavy atom. The van der Waals surface area contributed by atoms with Crippen molar-refractivity contribution < 1.29 is 19.2 Å². The number of hydrogen-bond donors (Lipinski definition) is 2. The maximum absolute atomic E-state index is 12.0. The monoisotopic (exact) mass is 520 g/mol. The van der Waals surface area contributed by atoms with Gasteiger partial charge >= 0.3 is 0 Å². The highest BCUT2D eigenvalue weighted by molar-refractivity contribution is 6.22. The lowest BCUT2D eigenvalue weighted by Crippen LogP contribution is -2.19. The molecule has 0 atom stereocenters. The van der Waals surface area contributed by atoms with E-state index in [4.69, 9.17) is 0 Å². The quantitative estimate of drug-likeness (QED) is 0.279. The molecule has 7 rings (SSSR count). The summed E-state index contributed by atoms with van der Waals surface area (Å²) in [4.78, 5) is 47.6. The standard InChI is InChI=1S/C34H20N2O4/c37-31-27-15-13-25(17-29(27)33(39)35-31)23-9-5-21(6-10-23)19-1-2-20(4-3-19)22-7-11-24(12-8-22)26-14-16-28-30(18-26)34(40)36-32(28)38/h1-18H,(H,35,37,39)(H,36,38,40). The topological polar surface area (TPSA) is 92.3 Å². The van der Waals surface area contributed by atoms with Crippen LogP contribution in [0.25, 0.3) is 44.5 Å². The molecule has 2 N–H and O–H groups in total. The molecule has 0 saturated heterocycles. The number of carbonyl (C=O) groups is 4. The van der Waals surface area contributed by atoms with Crippen molar-refractivity contribution in [2.45, 2.75) is 0 Å². The summed E-state index contributed by atoms with van der Waals surface area (Å²) in [6, 6.07) is 35.2. The summed E-state index contributed by atoms with van der Waals surface area (Å²) in [7, 11) is 0. The Morgan fingerprint density at radius 1 is 0.275 bits per heavy atom. The van der Waals surface area contributed by atoms with Crippen molar-refractivity contribution in [3.63, 3.8) is 0 Å². The molecule has 6 heteroatoms. The molecule has 2 aliphatic heterocycles. The van der Waals surface area contributed by atoms with Gasteiger partial charge in [0.15, 0.2) is 0 Å². The predicted molar refractivity (Wildman–Crippen MR) is 152 cm³/mol. The predicted octanol–water partition coefficient (Wildman–Crippen LogP) is 6.12. The molecular formula is C34H20N2O4. The smallest absolute Gasteiger partial charge is 0.258 e. The van der Waals surface area contributed by atoms with Crippen LogP contribution in [0.5, 0.6) is 0 Å². The van der Waals surface area contributed by atoms with E-state index in [0.717, 1.165) is 44.5 Å². The van der Waals surface area contributed by atoms with Crippen molar-refractivity contribution in [3.05, 3.63) is 131 Å². The van der Waals surface area contributed by atoms with E-state index in [1.807, 2.05) is 60.7 Å². The zero-order valence-electron chi connectivity index (χ0n) is 21.0. The molecule has 0 aliphatic carbocycles. The molecule has 5 aromatic rings. The first-order valence-electron chi connectivity index (χ1n) is 12.8. The number of benzene rings is 5. The normalized spacial score (nSPS) is 13.6. The average Bonchev–Trinajstić information content (AvgIpc) is 3.45. The van der Waals surface area contributed by atoms with Gasteiger partial charge in [0, 0.05) is 0 Å². The van der Waals surface area contributed by atoms with Gasteiger partial charge in [-0.1, -0.05) is 84.9 Å². The molecule has 0 saturated carbocycles. The summed E-state index contributed by atoms with van der Waals surface area (Å²) < 4.78 is 0. The van der Waals surface area contributed by atoms with Crippen LogP contribution in [0.15, 0.2) is 109 Å². The van der Waals surface area contributed by atoms with Crippen LogP contribution in [0.1, 0.15) is 41.4 Å². The van der Waals surface area contributed by atoms with Gasteiger partial charge in [-0.15, -0.1) is 0 Å². The van der Waals surface area contributed by atoms with E-state index in [9.17, 15) is 19.2 Å². The van der Waals surface area contributed by atoms with Crippen molar-refractivity contribution in [2.24, 2.45) is 0 Å². The second-order valence-corrected chi connectivity index (χ2v) is 9.82. The highest BCUT2D eigenvalue weighted by Gasteiger charge is 2.27. The number of fused-ring (bicyclic) bond motifs is 2. The SMILES string of the molecule is O=C1NC(=O)c2cc(-c3ccc(-c4ccc(-c5ccc(-c6ccc7c(c6)C(=O)NC7=O)cc5)cc4)cc3)ccc21. The molecule has 4 amide bonds. The molecule has 0 fully saturated rings. The van der Waals surface area contributed by atoms with Gasteiger partial charge in [-0.05, 0) is 68.8 Å². The van der Waals surface area contributed by atoms with Gasteiger partial charge < -0.3 is 0 Å². The van der Waals surface area contributed by atoms with Crippen LogP contribution in [-0.2, 0) is 0 Å². The Bertz CT molecular complexity index is 1750. The van der Waals surface area contributed by atoms with E-state index >= 15 is 0 Å². The first-order valence-corrected chi connectivity index (χ1v) is 12.8. The Labute approximate surface area is 229 Å². The molecule has 0 bridgehead atoms. The molecule has 6 nitrogen and oxygen atoms in total. The maximum Gasteiger partial charge on any atom is 0.258 e. The van der Waals surface area contributed by atoms with Crippen LogP contribution >= 0.6 is 0 Å². The molecule has 5 aromatic carbocycles. The minimum atomic E-state index is -0.358. The van der Waals surface area contributed by atoms with Crippen LogP contribution in [0.4, 0.5) is 0 Å². The van der Waals surface area contributed by atoms with Crippen molar-refractivity contribution in [1.82, 2.24) is 10.6 Å². The molecule has 0 aromatic heterocycles. The summed E-state index contributed by atoms with van der Waals surface area (Å²) >= 11 is 0. The summed E-state index contributed by atoms with van der Waals surface area (Å²) in [6.45, 7) is 0. The van der Waals surface area contributed by atoms with Crippen LogP contribution in [-0.4, -0.2) is 23.6 Å². The third kappa shape index (κ3) is 3.90. The Hall–Kier alpha value is -5.62. The summed E-state index contributed by atoms with van der Waals surface area (Å²) in [5.41, 5.74) is 9.63. The number of hydrogen-bond acceptors (Lipinski definition) is 4. The number of nitrogens with one attached hydrogen (secondary N) is 2. The van der Waals surface area contributed by atoms with Crippen LogP contribution in [0, 0.1) is 0 Å². The molecule has 190 valence electrons. The average molecular weight is 521 g/mol. The van der Waals surface area contributed by atoms with E-state index in [1.165, 1.54) is 0 Å². The zero-order valence-corrected chi connectivity index (χ0v) is 21.0. The second kappa shape index (κ2) is 8.99. The van der Waals surface area contributed by atoms with Gasteiger partial charge in [-0.3, -0.25) is 29.8 Å². The largest absolute Gasteiger partial charge is 0.288 e. The fourth-order valence-corrected chi connectivity index (χ4v) is 5.26. The highest BCUT2D eigenvalue weighted by Crippen LogP contribution is 2.31. The second-order valence-electron chi connectivity index (χ2n) is 9.82. The van der Waals surface area contributed by atoms with Gasteiger partial charge in [-0.25, -0.2) is 0 Å². The summed E-state index contributed by atoms with van der Waals surface area (Å²) in [5.74, 6) is -1.42. The van der Waals surface area contributed by atoms with Crippen LogP contribution in [0.2, 0.25) is 0 Å². The summed E-state index contributed by atoms with van der Waals surface area (Å²) in [5, 5.41) is 4.65. The highest BCUT2D eigenvalue weighted by atomic mass is 16.2. The lowest BCUT2D eigenvalue weighted by atomic mass is 9.95. The molecular weight excluding hydrogens is 500 g/mol. The molecule has 0 spiro atoms. The number of carbonyl (C=O) groups excluding carboxylic acids is 4. The van der Waals surface area contributed by atoms with E-state index in [0.29, 0.717) is 22.3 Å². The van der Waals surface area contributed by atoms with Crippen LogP contribution in [0.3, 0.4) is 0 Å². The fraction of sp³-hybridized carbons (Fsp3) is 0. The number of imide groups is 2. The fourth-order valence-electron chi connectivity index (χ4n) is 5.26. The molecule has 0 unspecified atom stereocenters. The molecule has 2 heterocycles. The van der Waals surface area contributed by atoms with Gasteiger partial charge in [0.05, 0.1) is 22.3 Å². The van der Waals surface area contributed by atoms with Gasteiger partial charge in [-0.2, -0.15) is 0 Å². The van der Waals surface area contributed by atoms with Crippen molar-refractivity contribution in [3.8, 4) is 44.5 Å². The molecule has 40 heavy (non-hydrogen) atoms. The minimum Gasteiger partial charge on any atom is -0.288 e. The Kier molecular flexibility index (Phi) is 5.28. The Morgan fingerprint density at radius 3 is 0.800 bits per heavy atom. The van der Waals surface area contributed by atoms with Gasteiger partial charge in [0.25, 0.3) is 23.6 Å². The third-order valence-corrected chi connectivity index (χ3v) is 7.46. The zero-order chi connectivity index (χ0) is 27.4. The summed E-state index contributed by atoms with van der Waals surface area (Å²) in [6.07, 6.45) is 0. The number of rotatable bonds is 4. The van der Waals surface area contributed by atoms with Gasteiger partial charge in [0.2, 0.25) is 0 Å². The van der Waals surface area contributed by atoms with Crippen molar-refractivity contribution >= 4 is 23.6 Å². The number of amides is 4. The van der Waals surface area contributed by atoms with Crippen molar-refractivity contribution in [1.29, 1.82) is 0 Å². The lowest BCUT2D eigenvalue weighted by molar-refractivity contribution is 0.0863. The van der Waals surface area contributed by atoms with Crippen LogP contribution < -0.4 is 10.6 Å². The molecule has 0 radical (unpaired) electrons. The third-order valence-electron chi connectivity index (χ3n) is 7.46. The Balaban J connectivity index is 1.09. The van der Waals surface area contributed by atoms with Gasteiger partial charge in [0.1, 0.15) is 0 Å². The lowest BCUT2D eigenvalue weighted by Gasteiger charge is -2.09. The molecule has 2 aliphatic rings.